The van der Waals surface area contributed by atoms with Crippen molar-refractivity contribution in [2.24, 2.45) is 0 Å². The van der Waals surface area contributed by atoms with Crippen LogP contribution >= 0.6 is 0 Å². The van der Waals surface area contributed by atoms with Crippen molar-refractivity contribution < 1.29 is 17.9 Å². The van der Waals surface area contributed by atoms with Crippen molar-refractivity contribution in [2.75, 3.05) is 23.7 Å². The molecular weight excluding hydrogens is 356 g/mol. The predicted molar refractivity (Wildman–Crippen MR) is 97.0 cm³/mol. The fraction of sp³-hybridized carbons (Fsp3) is 0.706. The van der Waals surface area contributed by atoms with E-state index >= 15 is 0 Å². The highest BCUT2D eigenvalue weighted by molar-refractivity contribution is 7.91. The van der Waals surface area contributed by atoms with Gasteiger partial charge in [0, 0.05) is 19.5 Å². The van der Waals surface area contributed by atoms with Crippen molar-refractivity contribution in [1.82, 2.24) is 14.9 Å². The molecule has 144 valence electrons. The van der Waals surface area contributed by atoms with Crippen LogP contribution in [0, 0.1) is 0 Å². The average Bonchev–Trinajstić information content (AvgIpc) is 2.79. The summed E-state index contributed by atoms with van der Waals surface area (Å²) >= 11 is 0. The third-order valence-corrected chi connectivity index (χ3v) is 6.32. The third kappa shape index (κ3) is 3.62. The smallest absolute Gasteiger partial charge is 0.410 e. The number of aryl methyl sites for hydroxylation is 1. The summed E-state index contributed by atoms with van der Waals surface area (Å²) in [4.78, 5) is 25.2. The Kier molecular flexibility index (Phi) is 4.62. The minimum Gasteiger partial charge on any atom is -0.444 e. The number of nitrogens with zero attached hydrogens (tertiary/aromatic N) is 4. The van der Waals surface area contributed by atoms with Crippen molar-refractivity contribution in [1.29, 1.82) is 0 Å². The van der Waals surface area contributed by atoms with Gasteiger partial charge in [-0.1, -0.05) is 0 Å². The van der Waals surface area contributed by atoms with Crippen molar-refractivity contribution >= 4 is 21.9 Å². The Morgan fingerprint density at radius 1 is 1.23 bits per heavy atom. The van der Waals surface area contributed by atoms with Gasteiger partial charge in [-0.3, -0.25) is 4.90 Å². The predicted octanol–water partition coefficient (Wildman–Crippen LogP) is 1.64. The van der Waals surface area contributed by atoms with Crippen LogP contribution in [-0.4, -0.2) is 65.9 Å². The normalized spacial score (nSPS) is 25.1. The quantitative estimate of drug-likeness (QED) is 0.729. The van der Waals surface area contributed by atoms with E-state index in [2.05, 4.69) is 9.97 Å². The van der Waals surface area contributed by atoms with E-state index in [0.717, 1.165) is 0 Å². The molecule has 0 aliphatic carbocycles. The lowest BCUT2D eigenvalue weighted by Crippen LogP contribution is -2.59. The molecule has 0 aromatic carbocycles. The van der Waals surface area contributed by atoms with Crippen molar-refractivity contribution in [3.8, 4) is 0 Å². The molecule has 0 N–H and O–H groups in total. The minimum absolute atomic E-state index is 0.0748. The second-order valence-electron chi connectivity index (χ2n) is 8.04. The molecule has 0 spiro atoms. The molecule has 0 saturated carbocycles. The molecule has 3 rings (SSSR count). The molecule has 1 saturated heterocycles. The van der Waals surface area contributed by atoms with Crippen molar-refractivity contribution in [2.45, 2.75) is 63.6 Å². The first-order valence-corrected chi connectivity index (χ1v) is 10.5. The van der Waals surface area contributed by atoms with E-state index in [1.54, 1.807) is 4.90 Å². The lowest BCUT2D eigenvalue weighted by Gasteiger charge is -2.44. The molecule has 2 atom stereocenters. The first-order valence-electron chi connectivity index (χ1n) is 8.83. The van der Waals surface area contributed by atoms with Crippen LogP contribution in [0.2, 0.25) is 0 Å². The van der Waals surface area contributed by atoms with Gasteiger partial charge in [0.05, 0.1) is 29.7 Å². The molecule has 8 nitrogen and oxygen atoms in total. The largest absolute Gasteiger partial charge is 0.444 e. The number of hydrogen-bond acceptors (Lipinski definition) is 7. The zero-order chi connectivity index (χ0) is 19.3. The Balaban J connectivity index is 1.77. The number of aromatic nitrogens is 2. The highest BCUT2D eigenvalue weighted by atomic mass is 32.2. The fourth-order valence-corrected chi connectivity index (χ4v) is 4.89. The van der Waals surface area contributed by atoms with Crippen LogP contribution in [0.4, 0.5) is 10.7 Å². The average molecular weight is 382 g/mol. The maximum absolute atomic E-state index is 12.5. The fourth-order valence-electron chi connectivity index (χ4n) is 3.49. The van der Waals surface area contributed by atoms with Crippen LogP contribution in [0.3, 0.4) is 0 Å². The lowest BCUT2D eigenvalue weighted by molar-refractivity contribution is 0.00553. The number of ether oxygens (including phenoxy) is 1. The number of amides is 1. The van der Waals surface area contributed by atoms with Gasteiger partial charge in [0.25, 0.3) is 0 Å². The molecular formula is C17H26N4O4S. The van der Waals surface area contributed by atoms with Crippen LogP contribution in [0.25, 0.3) is 0 Å². The van der Waals surface area contributed by atoms with Gasteiger partial charge in [0.15, 0.2) is 9.84 Å². The number of anilines is 1. The minimum atomic E-state index is -3.22. The molecule has 0 unspecified atom stereocenters. The Morgan fingerprint density at radius 3 is 2.42 bits per heavy atom. The van der Waals surface area contributed by atoms with Gasteiger partial charge in [-0.25, -0.2) is 23.2 Å². The summed E-state index contributed by atoms with van der Waals surface area (Å²) in [6.45, 7) is 10.6. The van der Waals surface area contributed by atoms with Gasteiger partial charge in [-0.2, -0.15) is 0 Å². The highest BCUT2D eigenvalue weighted by Crippen LogP contribution is 2.27. The maximum atomic E-state index is 12.5. The van der Waals surface area contributed by atoms with Gasteiger partial charge in [-0.15, -0.1) is 0 Å². The molecule has 9 heteroatoms. The van der Waals surface area contributed by atoms with E-state index in [-0.39, 0.29) is 28.8 Å². The highest BCUT2D eigenvalue weighted by Gasteiger charge is 2.37. The Hall–Kier alpha value is -1.90. The summed E-state index contributed by atoms with van der Waals surface area (Å²) < 4.78 is 29.4. The number of carbonyl (C=O) groups excluding carboxylic acids is 1. The molecule has 3 heterocycles. The molecule has 1 aromatic heterocycles. The first kappa shape index (κ1) is 18.9. The Labute approximate surface area is 154 Å². The third-order valence-electron chi connectivity index (χ3n) is 4.57. The number of piperazine rings is 1. The summed E-state index contributed by atoms with van der Waals surface area (Å²) in [5, 5.41) is 0. The number of fused-ring (bicyclic) bond motifs is 1. The number of rotatable bonds is 1. The van der Waals surface area contributed by atoms with Crippen LogP contribution in [0.5, 0.6) is 0 Å². The van der Waals surface area contributed by atoms with Gasteiger partial charge < -0.3 is 9.64 Å². The monoisotopic (exact) mass is 382 g/mol. The van der Waals surface area contributed by atoms with Crippen molar-refractivity contribution in [3.05, 3.63) is 11.9 Å². The molecule has 1 amide bonds. The molecule has 26 heavy (non-hydrogen) atoms. The van der Waals surface area contributed by atoms with E-state index in [9.17, 15) is 13.2 Å². The van der Waals surface area contributed by atoms with E-state index in [0.29, 0.717) is 31.2 Å². The van der Waals surface area contributed by atoms with Crippen LogP contribution in [0.15, 0.2) is 11.1 Å². The zero-order valence-corrected chi connectivity index (χ0v) is 16.7. The molecule has 1 fully saturated rings. The standard InChI is InChI=1S/C17H26N4O4S/c1-11-9-20(10-12(2)21(11)16(22)25-17(3,4)5)15-18-8-14-13(19-15)6-7-26(14,23)24/h8,11-12H,6-7,9-10H2,1-5H3/t11-,12+. The van der Waals surface area contributed by atoms with Crippen LogP contribution in [-0.2, 0) is 21.0 Å². The number of sulfone groups is 1. The second kappa shape index (κ2) is 6.37. The van der Waals surface area contributed by atoms with Crippen LogP contribution in [0.1, 0.15) is 40.3 Å². The topological polar surface area (TPSA) is 92.7 Å². The summed E-state index contributed by atoms with van der Waals surface area (Å²) in [6, 6.07) is -0.150. The van der Waals surface area contributed by atoms with Gasteiger partial charge in [-0.05, 0) is 34.6 Å². The van der Waals surface area contributed by atoms with E-state index in [1.165, 1.54) is 6.20 Å². The summed E-state index contributed by atoms with van der Waals surface area (Å²) in [7, 11) is -3.22. The first-order chi connectivity index (χ1) is 12.0. The number of hydrogen-bond donors (Lipinski definition) is 0. The molecule has 0 radical (unpaired) electrons. The second-order valence-corrected chi connectivity index (χ2v) is 10.1. The molecule has 0 bridgehead atoms. The molecule has 2 aliphatic heterocycles. The van der Waals surface area contributed by atoms with Crippen molar-refractivity contribution in [3.63, 3.8) is 0 Å². The summed E-state index contributed by atoms with van der Waals surface area (Å²) in [5.41, 5.74) is 0.0484. The maximum Gasteiger partial charge on any atom is 0.410 e. The Bertz CT molecular complexity index is 807. The van der Waals surface area contributed by atoms with Gasteiger partial charge in [0.1, 0.15) is 10.5 Å². The number of carbonyl (C=O) groups is 1. The van der Waals surface area contributed by atoms with E-state index in [4.69, 9.17) is 4.74 Å². The van der Waals surface area contributed by atoms with E-state index in [1.807, 2.05) is 39.5 Å². The Morgan fingerprint density at radius 2 is 1.85 bits per heavy atom. The van der Waals surface area contributed by atoms with Gasteiger partial charge in [0.2, 0.25) is 5.95 Å². The zero-order valence-electron chi connectivity index (χ0n) is 15.9. The summed E-state index contributed by atoms with van der Waals surface area (Å²) in [6.07, 6.45) is 1.52. The van der Waals surface area contributed by atoms with Gasteiger partial charge >= 0.3 is 6.09 Å². The lowest BCUT2D eigenvalue weighted by atomic mass is 10.1. The summed E-state index contributed by atoms with van der Waals surface area (Å²) in [5.74, 6) is 0.614. The SMILES string of the molecule is C[C@@H]1CN(c2ncc3c(n2)CCS3(=O)=O)C[C@H](C)N1C(=O)OC(C)(C)C. The van der Waals surface area contributed by atoms with E-state index < -0.39 is 15.4 Å². The molecule has 1 aromatic rings. The van der Waals surface area contributed by atoms with Crippen LogP contribution < -0.4 is 4.90 Å². The molecule has 2 aliphatic rings.